The van der Waals surface area contributed by atoms with Gasteiger partial charge in [0.15, 0.2) is 5.96 Å². The van der Waals surface area contributed by atoms with Crippen molar-refractivity contribution < 1.29 is 9.52 Å². The van der Waals surface area contributed by atoms with Gasteiger partial charge in [0, 0.05) is 32.7 Å². The first-order valence-corrected chi connectivity index (χ1v) is 9.84. The minimum atomic E-state index is -1.12. The average Bonchev–Trinajstić information content (AvgIpc) is 2.99. The van der Waals surface area contributed by atoms with E-state index in [1.807, 2.05) is 26.0 Å². The molecule has 0 amide bonds. The third-order valence-electron chi connectivity index (χ3n) is 4.83. The molecule has 0 radical (unpaired) electrons. The highest BCUT2D eigenvalue weighted by Gasteiger charge is 2.27. The maximum Gasteiger partial charge on any atom is 0.191 e. The number of aryl methyl sites for hydroxylation is 1. The van der Waals surface area contributed by atoms with Gasteiger partial charge in [0.2, 0.25) is 0 Å². The van der Waals surface area contributed by atoms with Gasteiger partial charge in [0.1, 0.15) is 17.1 Å². The monoisotopic (exact) mass is 364 g/mol. The first-order chi connectivity index (χ1) is 12.3. The number of furan rings is 1. The van der Waals surface area contributed by atoms with E-state index < -0.39 is 5.60 Å². The Hall–Kier alpha value is -1.53. The summed E-state index contributed by atoms with van der Waals surface area (Å²) in [5.41, 5.74) is -1.12. The Balaban J connectivity index is 1.86. The normalized spacial score (nSPS) is 24.3. The summed E-state index contributed by atoms with van der Waals surface area (Å²) in [6.07, 6.45) is 1.33. The van der Waals surface area contributed by atoms with Crippen LogP contribution in [0.5, 0.6) is 0 Å². The smallest absolute Gasteiger partial charge is 0.191 e. The second-order valence-electron chi connectivity index (χ2n) is 8.01. The van der Waals surface area contributed by atoms with Crippen LogP contribution in [-0.4, -0.2) is 55.2 Å². The molecule has 1 aliphatic heterocycles. The molecule has 2 heterocycles. The summed E-state index contributed by atoms with van der Waals surface area (Å²) in [6, 6.07) is 3.67. The highest BCUT2D eigenvalue weighted by atomic mass is 16.4. The average molecular weight is 365 g/mol. The van der Waals surface area contributed by atoms with E-state index in [9.17, 15) is 5.11 Å². The Kier molecular flexibility index (Phi) is 7.53. The highest BCUT2D eigenvalue weighted by Crippen LogP contribution is 2.23. The molecule has 148 valence electrons. The first-order valence-electron chi connectivity index (χ1n) is 9.84. The maximum atomic E-state index is 10.6. The third kappa shape index (κ3) is 6.32. The summed E-state index contributed by atoms with van der Waals surface area (Å²) in [6.45, 7) is 15.5. The number of likely N-dealkylation sites (tertiary alicyclic amines) is 1. The van der Waals surface area contributed by atoms with Gasteiger partial charge in [0.05, 0.1) is 6.54 Å². The van der Waals surface area contributed by atoms with Crippen molar-refractivity contribution in [3.05, 3.63) is 23.7 Å². The molecule has 3 unspecified atom stereocenters. The van der Waals surface area contributed by atoms with E-state index in [4.69, 9.17) is 4.42 Å². The standard InChI is InChI=1S/C20H36N4O2/c1-6-21-19(22-9-10-24-12-15(2)11-16(3)13-24)23-14-20(5,25)18-8-7-17(4)26-18/h7-8,15-16,25H,6,9-14H2,1-5H3,(H2,21,22,23). The van der Waals surface area contributed by atoms with Crippen LogP contribution < -0.4 is 10.6 Å². The lowest BCUT2D eigenvalue weighted by atomic mass is 9.92. The summed E-state index contributed by atoms with van der Waals surface area (Å²) in [4.78, 5) is 7.07. The maximum absolute atomic E-state index is 10.6. The number of nitrogens with one attached hydrogen (secondary N) is 2. The Morgan fingerprint density at radius 2 is 2.00 bits per heavy atom. The van der Waals surface area contributed by atoms with Crippen LogP contribution in [-0.2, 0) is 5.60 Å². The van der Waals surface area contributed by atoms with E-state index in [2.05, 4.69) is 34.4 Å². The predicted molar refractivity (Wildman–Crippen MR) is 106 cm³/mol. The third-order valence-corrected chi connectivity index (χ3v) is 4.83. The van der Waals surface area contributed by atoms with Gasteiger partial charge >= 0.3 is 0 Å². The summed E-state index contributed by atoms with van der Waals surface area (Å²) in [5, 5.41) is 17.3. The fourth-order valence-corrected chi connectivity index (χ4v) is 3.68. The molecule has 26 heavy (non-hydrogen) atoms. The lowest BCUT2D eigenvalue weighted by Gasteiger charge is -2.35. The Labute approximate surface area is 158 Å². The van der Waals surface area contributed by atoms with Crippen molar-refractivity contribution >= 4 is 5.96 Å². The van der Waals surface area contributed by atoms with Gasteiger partial charge < -0.3 is 25.1 Å². The molecule has 1 aliphatic rings. The summed E-state index contributed by atoms with van der Waals surface area (Å²) < 4.78 is 5.55. The van der Waals surface area contributed by atoms with E-state index in [-0.39, 0.29) is 6.54 Å². The fraction of sp³-hybridized carbons (Fsp3) is 0.750. The van der Waals surface area contributed by atoms with E-state index in [1.54, 1.807) is 6.92 Å². The zero-order chi connectivity index (χ0) is 19.2. The zero-order valence-corrected chi connectivity index (χ0v) is 17.0. The van der Waals surface area contributed by atoms with Gasteiger partial charge in [-0.3, -0.25) is 0 Å². The molecule has 3 N–H and O–H groups in total. The fourth-order valence-electron chi connectivity index (χ4n) is 3.68. The summed E-state index contributed by atoms with van der Waals surface area (Å²) in [7, 11) is 0. The number of guanidine groups is 1. The molecule has 0 aliphatic carbocycles. The van der Waals surface area contributed by atoms with Crippen LogP contribution in [0.3, 0.4) is 0 Å². The van der Waals surface area contributed by atoms with Crippen LogP contribution in [0, 0.1) is 18.8 Å². The van der Waals surface area contributed by atoms with Gasteiger partial charge in [-0.15, -0.1) is 0 Å². The molecule has 0 aromatic carbocycles. The lowest BCUT2D eigenvalue weighted by Crippen LogP contribution is -2.45. The minimum absolute atomic E-state index is 0.243. The zero-order valence-electron chi connectivity index (χ0n) is 17.0. The van der Waals surface area contributed by atoms with Crippen molar-refractivity contribution in [2.75, 3.05) is 39.3 Å². The predicted octanol–water partition coefficient (Wildman–Crippen LogP) is 2.33. The molecule has 0 bridgehead atoms. The van der Waals surface area contributed by atoms with Gasteiger partial charge in [-0.25, -0.2) is 4.99 Å². The molecular weight excluding hydrogens is 328 g/mol. The van der Waals surface area contributed by atoms with Crippen molar-refractivity contribution in [3.63, 3.8) is 0 Å². The van der Waals surface area contributed by atoms with Crippen molar-refractivity contribution in [2.24, 2.45) is 16.8 Å². The van der Waals surface area contributed by atoms with E-state index in [0.717, 1.165) is 43.2 Å². The minimum Gasteiger partial charge on any atom is -0.463 e. The van der Waals surface area contributed by atoms with Crippen LogP contribution in [0.15, 0.2) is 21.5 Å². The quantitative estimate of drug-likeness (QED) is 0.512. The SMILES string of the molecule is CCNC(=NCC(C)(O)c1ccc(C)o1)NCCN1CC(C)CC(C)C1. The number of hydrogen-bond acceptors (Lipinski definition) is 4. The summed E-state index contributed by atoms with van der Waals surface area (Å²) >= 11 is 0. The Bertz CT molecular complexity index is 572. The van der Waals surface area contributed by atoms with Crippen molar-refractivity contribution in [3.8, 4) is 0 Å². The van der Waals surface area contributed by atoms with Gasteiger partial charge in [-0.1, -0.05) is 13.8 Å². The second kappa shape index (κ2) is 9.42. The van der Waals surface area contributed by atoms with Gasteiger partial charge in [-0.2, -0.15) is 0 Å². The molecule has 1 saturated heterocycles. The molecular formula is C20H36N4O2. The molecule has 6 nitrogen and oxygen atoms in total. The number of hydrogen-bond donors (Lipinski definition) is 3. The molecule has 0 saturated carbocycles. The second-order valence-corrected chi connectivity index (χ2v) is 8.01. The Morgan fingerprint density at radius 3 is 2.58 bits per heavy atom. The van der Waals surface area contributed by atoms with Gasteiger partial charge in [0.25, 0.3) is 0 Å². The van der Waals surface area contributed by atoms with Crippen LogP contribution in [0.4, 0.5) is 0 Å². The van der Waals surface area contributed by atoms with Gasteiger partial charge in [-0.05, 0) is 51.2 Å². The number of aliphatic hydroxyl groups is 1. The number of rotatable bonds is 7. The van der Waals surface area contributed by atoms with E-state index >= 15 is 0 Å². The molecule has 1 aromatic heterocycles. The van der Waals surface area contributed by atoms with Crippen LogP contribution in [0.25, 0.3) is 0 Å². The molecule has 6 heteroatoms. The number of aliphatic imine (C=N–C) groups is 1. The largest absolute Gasteiger partial charge is 0.463 e. The molecule has 1 fully saturated rings. The van der Waals surface area contributed by atoms with Crippen molar-refractivity contribution in [1.82, 2.24) is 15.5 Å². The van der Waals surface area contributed by atoms with E-state index in [1.165, 1.54) is 19.5 Å². The lowest BCUT2D eigenvalue weighted by molar-refractivity contribution is 0.0428. The summed E-state index contributed by atoms with van der Waals surface area (Å²) in [5.74, 6) is 3.61. The number of nitrogens with zero attached hydrogens (tertiary/aromatic N) is 2. The molecule has 3 atom stereocenters. The Morgan fingerprint density at radius 1 is 1.31 bits per heavy atom. The van der Waals surface area contributed by atoms with Crippen LogP contribution in [0.2, 0.25) is 0 Å². The van der Waals surface area contributed by atoms with Crippen LogP contribution >= 0.6 is 0 Å². The van der Waals surface area contributed by atoms with E-state index in [0.29, 0.717) is 5.76 Å². The topological polar surface area (TPSA) is 73.0 Å². The molecule has 2 rings (SSSR count). The molecule has 0 spiro atoms. The van der Waals surface area contributed by atoms with Crippen molar-refractivity contribution in [2.45, 2.75) is 46.6 Å². The van der Waals surface area contributed by atoms with Crippen LogP contribution in [0.1, 0.15) is 45.6 Å². The highest BCUT2D eigenvalue weighted by molar-refractivity contribution is 5.79. The van der Waals surface area contributed by atoms with Crippen molar-refractivity contribution in [1.29, 1.82) is 0 Å². The first kappa shape index (κ1) is 20.8. The number of piperidine rings is 1. The molecule has 1 aromatic rings.